The second kappa shape index (κ2) is 7.78. The van der Waals surface area contributed by atoms with Crippen LogP contribution in [0.5, 0.6) is 0 Å². The molecule has 1 heterocycles. The predicted octanol–water partition coefficient (Wildman–Crippen LogP) is 2.12. The minimum Gasteiger partial charge on any atom is -0.382 e. The third kappa shape index (κ3) is 4.56. The Morgan fingerprint density at radius 2 is 2.24 bits per heavy atom. The summed E-state index contributed by atoms with van der Waals surface area (Å²) in [6.07, 6.45) is 2.98. The Hall–Kier alpha value is -1.88. The molecule has 21 heavy (non-hydrogen) atoms. The highest BCUT2D eigenvalue weighted by molar-refractivity contribution is 5.97. The molecule has 0 saturated carbocycles. The highest BCUT2D eigenvalue weighted by Crippen LogP contribution is 2.23. The molecular weight excluding hydrogens is 268 g/mol. The van der Waals surface area contributed by atoms with E-state index in [1.54, 1.807) is 6.07 Å². The van der Waals surface area contributed by atoms with Gasteiger partial charge in [-0.05, 0) is 49.9 Å². The molecule has 0 bridgehead atoms. The Morgan fingerprint density at radius 3 is 3.05 bits per heavy atom. The van der Waals surface area contributed by atoms with Crippen molar-refractivity contribution in [1.82, 2.24) is 5.32 Å². The number of rotatable bonds is 6. The van der Waals surface area contributed by atoms with Gasteiger partial charge in [-0.2, -0.15) is 0 Å². The number of amides is 2. The average Bonchev–Trinajstić information content (AvgIpc) is 2.66. The van der Waals surface area contributed by atoms with Crippen LogP contribution < -0.4 is 10.6 Å². The van der Waals surface area contributed by atoms with Crippen LogP contribution in [0.4, 0.5) is 5.69 Å². The Kier molecular flexibility index (Phi) is 5.75. The number of fused-ring (bicyclic) bond motifs is 1. The number of nitrogens with one attached hydrogen (secondary N) is 2. The third-order valence-electron chi connectivity index (χ3n) is 3.45. The molecule has 114 valence electrons. The van der Waals surface area contributed by atoms with E-state index in [0.29, 0.717) is 31.7 Å². The maximum absolute atomic E-state index is 12.1. The Morgan fingerprint density at radius 1 is 1.38 bits per heavy atom. The maximum Gasteiger partial charge on any atom is 0.251 e. The number of carbonyl (C=O) groups is 2. The minimum absolute atomic E-state index is 0.0434. The Bertz CT molecular complexity index is 514. The average molecular weight is 290 g/mol. The van der Waals surface area contributed by atoms with Gasteiger partial charge >= 0.3 is 0 Å². The van der Waals surface area contributed by atoms with Gasteiger partial charge in [0, 0.05) is 37.4 Å². The van der Waals surface area contributed by atoms with E-state index in [-0.39, 0.29) is 11.8 Å². The molecule has 1 aromatic carbocycles. The van der Waals surface area contributed by atoms with Crippen LogP contribution in [0.1, 0.15) is 42.1 Å². The minimum atomic E-state index is -0.0788. The normalized spacial score (nSPS) is 14.0. The predicted molar refractivity (Wildman–Crippen MR) is 81.5 cm³/mol. The van der Waals surface area contributed by atoms with Gasteiger partial charge in [0.2, 0.25) is 5.91 Å². The van der Waals surface area contributed by atoms with Gasteiger partial charge in [-0.15, -0.1) is 0 Å². The first-order valence-electron chi connectivity index (χ1n) is 7.49. The molecule has 0 radical (unpaired) electrons. The summed E-state index contributed by atoms with van der Waals surface area (Å²) < 4.78 is 5.23. The lowest BCUT2D eigenvalue weighted by molar-refractivity contribution is -0.116. The van der Waals surface area contributed by atoms with Crippen molar-refractivity contribution in [2.24, 2.45) is 0 Å². The van der Waals surface area contributed by atoms with E-state index in [1.807, 2.05) is 19.1 Å². The number of carbonyl (C=O) groups excluding carboxylic acids is 2. The van der Waals surface area contributed by atoms with Gasteiger partial charge in [0.05, 0.1) is 0 Å². The first kappa shape index (κ1) is 15.5. The molecule has 0 spiro atoms. The van der Waals surface area contributed by atoms with Crippen LogP contribution in [-0.2, 0) is 16.0 Å². The number of aryl methyl sites for hydroxylation is 1. The zero-order valence-corrected chi connectivity index (χ0v) is 12.4. The van der Waals surface area contributed by atoms with Crippen LogP contribution in [0.2, 0.25) is 0 Å². The van der Waals surface area contributed by atoms with Crippen LogP contribution in [0, 0.1) is 0 Å². The second-order valence-corrected chi connectivity index (χ2v) is 5.08. The standard InChI is InChI=1S/C16H22N2O3/c1-2-21-10-4-9-17-16(20)13-7-8-14-12(11-13)5-3-6-15(19)18-14/h7-8,11H,2-6,9-10H2,1H3,(H,17,20)(H,18,19). The van der Waals surface area contributed by atoms with Gasteiger partial charge in [0.15, 0.2) is 0 Å². The van der Waals surface area contributed by atoms with Gasteiger partial charge in [0.1, 0.15) is 0 Å². The first-order valence-corrected chi connectivity index (χ1v) is 7.49. The van der Waals surface area contributed by atoms with Crippen LogP contribution in [-0.4, -0.2) is 31.6 Å². The maximum atomic E-state index is 12.1. The zero-order chi connectivity index (χ0) is 15.1. The molecule has 0 aliphatic carbocycles. The third-order valence-corrected chi connectivity index (χ3v) is 3.45. The Balaban J connectivity index is 1.93. The Labute approximate surface area is 125 Å². The summed E-state index contributed by atoms with van der Waals surface area (Å²) in [5.41, 5.74) is 2.49. The summed E-state index contributed by atoms with van der Waals surface area (Å²) in [7, 11) is 0. The van der Waals surface area contributed by atoms with Gasteiger partial charge in [-0.3, -0.25) is 9.59 Å². The molecule has 0 aromatic heterocycles. The summed E-state index contributed by atoms with van der Waals surface area (Å²) in [5, 5.41) is 5.75. The molecule has 0 unspecified atom stereocenters. The van der Waals surface area contributed by atoms with E-state index in [2.05, 4.69) is 10.6 Å². The van der Waals surface area contributed by atoms with Gasteiger partial charge in [-0.25, -0.2) is 0 Å². The molecule has 5 heteroatoms. The molecule has 0 atom stereocenters. The SMILES string of the molecule is CCOCCCNC(=O)c1ccc2c(c1)CCCC(=O)N2. The highest BCUT2D eigenvalue weighted by atomic mass is 16.5. The summed E-state index contributed by atoms with van der Waals surface area (Å²) in [4.78, 5) is 23.6. The van der Waals surface area contributed by atoms with E-state index in [0.717, 1.165) is 30.5 Å². The van der Waals surface area contributed by atoms with Crippen molar-refractivity contribution in [1.29, 1.82) is 0 Å². The monoisotopic (exact) mass is 290 g/mol. The number of hydrogen-bond donors (Lipinski definition) is 2. The van der Waals surface area contributed by atoms with E-state index in [9.17, 15) is 9.59 Å². The van der Waals surface area contributed by atoms with Gasteiger partial charge in [0.25, 0.3) is 5.91 Å². The molecule has 5 nitrogen and oxygen atoms in total. The summed E-state index contributed by atoms with van der Waals surface area (Å²) >= 11 is 0. The fraction of sp³-hybridized carbons (Fsp3) is 0.500. The zero-order valence-electron chi connectivity index (χ0n) is 12.4. The lowest BCUT2D eigenvalue weighted by atomic mass is 10.0. The second-order valence-electron chi connectivity index (χ2n) is 5.08. The van der Waals surface area contributed by atoms with Crippen LogP contribution in [0.15, 0.2) is 18.2 Å². The lowest BCUT2D eigenvalue weighted by Crippen LogP contribution is -2.25. The smallest absolute Gasteiger partial charge is 0.251 e. The van der Waals surface area contributed by atoms with E-state index in [4.69, 9.17) is 4.74 Å². The molecule has 1 aromatic rings. The van der Waals surface area contributed by atoms with Gasteiger partial charge < -0.3 is 15.4 Å². The van der Waals surface area contributed by atoms with Crippen molar-refractivity contribution in [2.45, 2.75) is 32.6 Å². The molecule has 0 fully saturated rings. The molecule has 1 aliphatic rings. The van der Waals surface area contributed by atoms with E-state index < -0.39 is 0 Å². The van der Waals surface area contributed by atoms with Crippen molar-refractivity contribution in [2.75, 3.05) is 25.1 Å². The fourth-order valence-electron chi connectivity index (χ4n) is 2.34. The number of benzene rings is 1. The molecular formula is C16H22N2O3. The van der Waals surface area contributed by atoms with Crippen molar-refractivity contribution in [3.63, 3.8) is 0 Å². The largest absolute Gasteiger partial charge is 0.382 e. The van der Waals surface area contributed by atoms with Crippen molar-refractivity contribution >= 4 is 17.5 Å². The fourth-order valence-corrected chi connectivity index (χ4v) is 2.34. The van der Waals surface area contributed by atoms with Crippen LogP contribution in [0.25, 0.3) is 0 Å². The highest BCUT2D eigenvalue weighted by Gasteiger charge is 2.14. The van der Waals surface area contributed by atoms with Crippen LogP contribution >= 0.6 is 0 Å². The van der Waals surface area contributed by atoms with Crippen LogP contribution in [0.3, 0.4) is 0 Å². The summed E-state index contributed by atoms with van der Waals surface area (Å²) in [6.45, 7) is 3.91. The quantitative estimate of drug-likeness (QED) is 0.789. The van der Waals surface area contributed by atoms with Crippen molar-refractivity contribution in [3.8, 4) is 0 Å². The van der Waals surface area contributed by atoms with E-state index >= 15 is 0 Å². The molecule has 2 rings (SSSR count). The van der Waals surface area contributed by atoms with Crippen molar-refractivity contribution < 1.29 is 14.3 Å². The number of anilines is 1. The first-order chi connectivity index (χ1) is 10.2. The topological polar surface area (TPSA) is 67.4 Å². The molecule has 2 N–H and O–H groups in total. The number of ether oxygens (including phenoxy) is 1. The molecule has 1 aliphatic heterocycles. The lowest BCUT2D eigenvalue weighted by Gasteiger charge is -2.10. The summed E-state index contributed by atoms with van der Waals surface area (Å²) in [5.74, 6) is -0.0354. The molecule has 0 saturated heterocycles. The number of hydrogen-bond acceptors (Lipinski definition) is 3. The van der Waals surface area contributed by atoms with Gasteiger partial charge in [-0.1, -0.05) is 0 Å². The molecule has 2 amide bonds. The van der Waals surface area contributed by atoms with Crippen molar-refractivity contribution in [3.05, 3.63) is 29.3 Å². The summed E-state index contributed by atoms with van der Waals surface area (Å²) in [6, 6.07) is 5.44. The van der Waals surface area contributed by atoms with E-state index in [1.165, 1.54) is 0 Å².